The van der Waals surface area contributed by atoms with Crippen molar-refractivity contribution in [2.45, 2.75) is 71.1 Å². The van der Waals surface area contributed by atoms with E-state index < -0.39 is 11.9 Å². The van der Waals surface area contributed by atoms with E-state index in [1.807, 2.05) is 0 Å². The van der Waals surface area contributed by atoms with E-state index in [0.29, 0.717) is 6.54 Å². The van der Waals surface area contributed by atoms with E-state index in [1.165, 1.54) is 5.23 Å². The van der Waals surface area contributed by atoms with Gasteiger partial charge in [0.05, 0.1) is 33.0 Å². The third-order valence-electron chi connectivity index (χ3n) is 3.38. The van der Waals surface area contributed by atoms with Gasteiger partial charge in [0.2, 0.25) is 0 Å². The number of hydrogen-bond donors (Lipinski definition) is 4. The molecular weight excluding hydrogens is 381 g/mol. The zero-order valence-corrected chi connectivity index (χ0v) is 16.5. The Balaban J connectivity index is -0.000000432. The average Bonchev–Trinajstić information content (AvgIpc) is 2.63. The van der Waals surface area contributed by atoms with Crippen molar-refractivity contribution in [3.63, 3.8) is 0 Å². The fourth-order valence-electron chi connectivity index (χ4n) is 2.00. The Labute approximate surface area is 190 Å². The van der Waals surface area contributed by atoms with E-state index in [4.69, 9.17) is 30.1 Å². The molecule has 0 aliphatic heterocycles. The van der Waals surface area contributed by atoms with E-state index in [1.54, 1.807) is 0 Å². The second-order valence-electron chi connectivity index (χ2n) is 5.93. The molecule has 0 bridgehead atoms. The predicted molar refractivity (Wildman–Crippen MR) is 107 cm³/mol. The van der Waals surface area contributed by atoms with Crippen molar-refractivity contribution in [1.82, 2.24) is 5.23 Å². The molecule has 4 N–H and O–H groups in total. The molecule has 0 saturated heterocycles. The number of hydroxylamine groups is 2. The maximum atomic E-state index is 10.1. The number of unbranched alkanes of at least 4 members (excludes halogenated alkanes) is 6. The quantitative estimate of drug-likeness (QED) is 0.148. The van der Waals surface area contributed by atoms with Crippen LogP contribution < -0.4 is 0 Å². The van der Waals surface area contributed by atoms with Crippen LogP contribution in [0.3, 0.4) is 0 Å². The van der Waals surface area contributed by atoms with Gasteiger partial charge in [0.1, 0.15) is 0 Å². The molecule has 0 heterocycles. The van der Waals surface area contributed by atoms with E-state index in [-0.39, 0.29) is 68.8 Å². The molecule has 0 aliphatic rings. The Kier molecular flexibility index (Phi) is 30.9. The first-order chi connectivity index (χ1) is 13.0. The first-order valence-electron chi connectivity index (χ1n) is 9.66. The average molecular weight is 419 g/mol. The molecule has 0 spiro atoms. The number of nitrogens with zero attached hydrogens (tertiary/aromatic N) is 1. The van der Waals surface area contributed by atoms with Gasteiger partial charge in [-0.05, 0) is 19.3 Å². The molecule has 9 nitrogen and oxygen atoms in total. The fraction of sp³-hybridized carbons (Fsp3) is 0.889. The van der Waals surface area contributed by atoms with Crippen LogP contribution in [0, 0.1) is 0 Å². The normalized spacial score (nSPS) is 10.1. The number of carboxylic acids is 2. The van der Waals surface area contributed by atoms with Crippen LogP contribution in [0.25, 0.3) is 0 Å². The SMILES string of the molecule is CCCCN(OCCO)OCCO.O=C(O)CCCCCCCCC(=O)O.[NaH]. The zero-order chi connectivity index (χ0) is 20.8. The predicted octanol–water partition coefficient (Wildman–Crippen LogP) is 1.56. The monoisotopic (exact) mass is 419 g/mol. The number of aliphatic hydroxyl groups excluding tert-OH is 2. The Morgan fingerprint density at radius 1 is 0.750 bits per heavy atom. The first kappa shape index (κ1) is 32.4. The molecular formula is C18H38NNaO8. The molecule has 0 atom stereocenters. The van der Waals surface area contributed by atoms with Crippen LogP contribution in [0.1, 0.15) is 71.1 Å². The van der Waals surface area contributed by atoms with Gasteiger partial charge in [0, 0.05) is 12.8 Å². The molecule has 0 unspecified atom stereocenters. The van der Waals surface area contributed by atoms with E-state index >= 15 is 0 Å². The summed E-state index contributed by atoms with van der Waals surface area (Å²) >= 11 is 0. The zero-order valence-electron chi connectivity index (χ0n) is 16.5. The van der Waals surface area contributed by atoms with Gasteiger partial charge in [0.25, 0.3) is 0 Å². The third kappa shape index (κ3) is 30.5. The summed E-state index contributed by atoms with van der Waals surface area (Å²) in [5.41, 5.74) is 0. The second kappa shape index (κ2) is 26.7. The summed E-state index contributed by atoms with van der Waals surface area (Å²) in [7, 11) is 0. The van der Waals surface area contributed by atoms with Gasteiger partial charge >= 0.3 is 41.5 Å². The van der Waals surface area contributed by atoms with Crippen molar-refractivity contribution in [2.24, 2.45) is 0 Å². The van der Waals surface area contributed by atoms with Crippen molar-refractivity contribution >= 4 is 41.5 Å². The maximum absolute atomic E-state index is 10.1. The number of aliphatic hydroxyl groups is 2. The molecule has 0 rings (SSSR count). The van der Waals surface area contributed by atoms with Crippen LogP contribution in [0.5, 0.6) is 0 Å². The summed E-state index contributed by atoms with van der Waals surface area (Å²) in [6.45, 7) is 3.08. The fourth-order valence-corrected chi connectivity index (χ4v) is 2.00. The number of hydrogen-bond acceptors (Lipinski definition) is 7. The topological polar surface area (TPSA) is 137 Å². The first-order valence-corrected chi connectivity index (χ1v) is 9.66. The third-order valence-corrected chi connectivity index (χ3v) is 3.38. The van der Waals surface area contributed by atoms with Crippen LogP contribution in [0.15, 0.2) is 0 Å². The molecule has 0 aromatic heterocycles. The summed E-state index contributed by atoms with van der Waals surface area (Å²) in [6.07, 6.45) is 7.82. The number of carboxylic acid groups (broad SMARTS) is 2. The minimum absolute atomic E-state index is 0. The van der Waals surface area contributed by atoms with Crippen LogP contribution in [0.4, 0.5) is 0 Å². The molecule has 28 heavy (non-hydrogen) atoms. The molecule has 0 saturated carbocycles. The van der Waals surface area contributed by atoms with Crippen LogP contribution >= 0.6 is 0 Å². The minimum atomic E-state index is -0.740. The van der Waals surface area contributed by atoms with Crippen molar-refractivity contribution < 1.29 is 39.7 Å². The Bertz CT molecular complexity index is 309. The number of carbonyl (C=O) groups is 2. The van der Waals surface area contributed by atoms with Gasteiger partial charge in [-0.1, -0.05) is 44.3 Å². The molecule has 164 valence electrons. The molecule has 0 fully saturated rings. The van der Waals surface area contributed by atoms with E-state index in [0.717, 1.165) is 51.4 Å². The summed E-state index contributed by atoms with van der Waals surface area (Å²) < 4.78 is 0. The van der Waals surface area contributed by atoms with E-state index in [2.05, 4.69) is 6.92 Å². The van der Waals surface area contributed by atoms with Crippen LogP contribution in [-0.4, -0.2) is 100 Å². The molecule has 0 aromatic rings. The van der Waals surface area contributed by atoms with Gasteiger partial charge in [0.15, 0.2) is 0 Å². The van der Waals surface area contributed by atoms with Gasteiger partial charge in [-0.25, -0.2) is 0 Å². The van der Waals surface area contributed by atoms with Gasteiger partial charge in [-0.15, -0.1) is 0 Å². The standard InChI is InChI=1S/C10H18O4.C8H19NO4.Na.H/c11-9(12)7-5-3-1-2-4-6-8-10(13)14;1-2-3-4-9(12-7-5-10)13-8-6-11;;/h1-8H2,(H,11,12)(H,13,14);10-11H,2-8H2,1H3;;. The summed E-state index contributed by atoms with van der Waals surface area (Å²) in [5.74, 6) is -1.48. The van der Waals surface area contributed by atoms with Crippen molar-refractivity contribution in [2.75, 3.05) is 33.0 Å². The summed E-state index contributed by atoms with van der Waals surface area (Å²) in [5, 5.41) is 35.0. The Morgan fingerprint density at radius 2 is 1.14 bits per heavy atom. The number of aliphatic carboxylic acids is 2. The molecule has 0 aromatic carbocycles. The van der Waals surface area contributed by atoms with Gasteiger partial charge in [-0.3, -0.25) is 19.3 Å². The van der Waals surface area contributed by atoms with Gasteiger partial charge in [-0.2, -0.15) is 0 Å². The molecule has 10 heteroatoms. The molecule has 0 radical (unpaired) electrons. The molecule has 0 amide bonds. The van der Waals surface area contributed by atoms with Gasteiger partial charge < -0.3 is 20.4 Å². The second-order valence-corrected chi connectivity index (χ2v) is 5.93. The summed E-state index contributed by atoms with van der Waals surface area (Å²) in [6, 6.07) is 0. The van der Waals surface area contributed by atoms with Crippen LogP contribution in [0.2, 0.25) is 0 Å². The van der Waals surface area contributed by atoms with Crippen LogP contribution in [-0.2, 0) is 19.3 Å². The van der Waals surface area contributed by atoms with Crippen molar-refractivity contribution in [3.05, 3.63) is 0 Å². The Hall–Kier alpha value is -0.260. The van der Waals surface area contributed by atoms with Crippen molar-refractivity contribution in [1.29, 1.82) is 0 Å². The number of rotatable bonds is 18. The molecule has 0 aliphatic carbocycles. The summed E-state index contributed by atoms with van der Waals surface area (Å²) in [4.78, 5) is 30.4. The van der Waals surface area contributed by atoms with E-state index in [9.17, 15) is 9.59 Å². The van der Waals surface area contributed by atoms with Crippen molar-refractivity contribution in [3.8, 4) is 0 Å². The Morgan fingerprint density at radius 3 is 1.46 bits per heavy atom.